The zero-order valence-corrected chi connectivity index (χ0v) is 13.0. The third-order valence-electron chi connectivity index (χ3n) is 3.27. The average Bonchev–Trinajstić information content (AvgIpc) is 2.59. The second kappa shape index (κ2) is 7.33. The lowest BCUT2D eigenvalue weighted by atomic mass is 10.2. The third-order valence-corrected chi connectivity index (χ3v) is 3.27. The van der Waals surface area contributed by atoms with Crippen LogP contribution >= 0.6 is 0 Å². The smallest absolute Gasteiger partial charge is 0.149 e. The summed E-state index contributed by atoms with van der Waals surface area (Å²) in [6, 6.07) is 17.5. The summed E-state index contributed by atoms with van der Waals surface area (Å²) in [5, 5.41) is 1.06. The van der Waals surface area contributed by atoms with E-state index in [1.54, 1.807) is 6.20 Å². The van der Waals surface area contributed by atoms with Gasteiger partial charge in [0, 0.05) is 17.1 Å². The molecule has 0 spiro atoms. The van der Waals surface area contributed by atoms with Crippen molar-refractivity contribution in [3.8, 4) is 23.3 Å². The summed E-state index contributed by atoms with van der Waals surface area (Å²) in [5.74, 6) is 7.70. The summed E-state index contributed by atoms with van der Waals surface area (Å²) in [4.78, 5) is 4.36. The number of hydrogen-bond acceptors (Lipinski definition) is 3. The Labute approximate surface area is 135 Å². The molecular formula is C20H17NO2. The lowest BCUT2D eigenvalue weighted by Crippen LogP contribution is -1.95. The quantitative estimate of drug-likeness (QED) is 0.681. The van der Waals surface area contributed by atoms with E-state index in [1.807, 2.05) is 61.5 Å². The van der Waals surface area contributed by atoms with E-state index in [0.717, 1.165) is 28.0 Å². The van der Waals surface area contributed by atoms with Gasteiger partial charge in [0.15, 0.2) is 0 Å². The van der Waals surface area contributed by atoms with Crippen molar-refractivity contribution in [2.45, 2.75) is 6.92 Å². The molecule has 114 valence electrons. The van der Waals surface area contributed by atoms with Gasteiger partial charge in [0.2, 0.25) is 0 Å². The van der Waals surface area contributed by atoms with Crippen LogP contribution in [0.1, 0.15) is 12.5 Å². The van der Waals surface area contributed by atoms with Crippen molar-refractivity contribution in [3.05, 3.63) is 66.4 Å². The van der Waals surface area contributed by atoms with Crippen molar-refractivity contribution in [1.82, 2.24) is 4.98 Å². The van der Waals surface area contributed by atoms with E-state index in [1.165, 1.54) is 0 Å². The molecule has 0 amide bonds. The Hall–Kier alpha value is -2.99. The van der Waals surface area contributed by atoms with Gasteiger partial charge in [0.05, 0.1) is 6.61 Å². The summed E-state index contributed by atoms with van der Waals surface area (Å²) in [7, 11) is 0. The van der Waals surface area contributed by atoms with E-state index >= 15 is 0 Å². The summed E-state index contributed by atoms with van der Waals surface area (Å²) in [5.41, 5.74) is 1.77. The van der Waals surface area contributed by atoms with Crippen LogP contribution in [0.2, 0.25) is 0 Å². The highest BCUT2D eigenvalue weighted by atomic mass is 16.5. The van der Waals surface area contributed by atoms with Crippen LogP contribution in [0, 0.1) is 11.8 Å². The maximum atomic E-state index is 5.75. The van der Waals surface area contributed by atoms with E-state index < -0.39 is 0 Å². The van der Waals surface area contributed by atoms with Crippen LogP contribution in [0.5, 0.6) is 11.5 Å². The van der Waals surface area contributed by atoms with Gasteiger partial charge in [-0.2, -0.15) is 0 Å². The largest absolute Gasteiger partial charge is 0.494 e. The van der Waals surface area contributed by atoms with E-state index in [2.05, 4.69) is 16.8 Å². The number of ether oxygens (including phenoxy) is 2. The molecule has 0 fully saturated rings. The Balaban J connectivity index is 1.69. The zero-order chi connectivity index (χ0) is 15.9. The predicted molar refractivity (Wildman–Crippen MR) is 91.7 cm³/mol. The first-order valence-electron chi connectivity index (χ1n) is 7.55. The minimum absolute atomic E-state index is 0.314. The van der Waals surface area contributed by atoms with Crippen molar-refractivity contribution in [3.63, 3.8) is 0 Å². The van der Waals surface area contributed by atoms with Crippen LogP contribution in [-0.2, 0) is 0 Å². The fourth-order valence-corrected chi connectivity index (χ4v) is 2.27. The molecule has 2 aromatic carbocycles. The first-order chi connectivity index (χ1) is 11.4. The van der Waals surface area contributed by atoms with Gasteiger partial charge in [-0.05, 0) is 37.3 Å². The van der Waals surface area contributed by atoms with E-state index in [0.29, 0.717) is 13.2 Å². The molecule has 1 heterocycles. The van der Waals surface area contributed by atoms with Gasteiger partial charge in [-0.1, -0.05) is 36.1 Å². The SMILES string of the molecule is CCOc1cccc(C#CCOc2cccc3cccnc23)c1. The number of para-hydroxylation sites is 1. The van der Waals surface area contributed by atoms with Crippen LogP contribution in [0.4, 0.5) is 0 Å². The molecule has 3 heteroatoms. The Kier molecular flexibility index (Phi) is 4.76. The number of fused-ring (bicyclic) bond motifs is 1. The van der Waals surface area contributed by atoms with Gasteiger partial charge in [0.1, 0.15) is 23.6 Å². The summed E-state index contributed by atoms with van der Waals surface area (Å²) in [6.07, 6.45) is 1.76. The Morgan fingerprint density at radius 2 is 1.87 bits per heavy atom. The number of rotatable bonds is 4. The van der Waals surface area contributed by atoms with Crippen LogP contribution in [0.15, 0.2) is 60.8 Å². The topological polar surface area (TPSA) is 31.4 Å². The third kappa shape index (κ3) is 3.81. The Bertz CT molecular complexity index is 857. The monoisotopic (exact) mass is 303 g/mol. The average molecular weight is 303 g/mol. The van der Waals surface area contributed by atoms with Crippen molar-refractivity contribution < 1.29 is 9.47 Å². The fraction of sp³-hybridized carbons (Fsp3) is 0.150. The van der Waals surface area contributed by atoms with Crippen LogP contribution in [0.3, 0.4) is 0 Å². The maximum Gasteiger partial charge on any atom is 0.149 e. The standard InChI is InChI=1S/C20H17NO2/c1-2-22-18-11-3-7-16(15-18)8-6-14-23-19-12-4-9-17-10-5-13-21-20(17)19/h3-5,7,9-13,15H,2,14H2,1H3. The van der Waals surface area contributed by atoms with Crippen molar-refractivity contribution in [2.75, 3.05) is 13.2 Å². The highest BCUT2D eigenvalue weighted by Gasteiger charge is 2.01. The summed E-state index contributed by atoms with van der Waals surface area (Å²) >= 11 is 0. The molecule has 23 heavy (non-hydrogen) atoms. The number of hydrogen-bond donors (Lipinski definition) is 0. The Morgan fingerprint density at radius 1 is 1.00 bits per heavy atom. The first kappa shape index (κ1) is 14.9. The van der Waals surface area contributed by atoms with E-state index in [4.69, 9.17) is 9.47 Å². The number of pyridine rings is 1. The van der Waals surface area contributed by atoms with Gasteiger partial charge in [-0.15, -0.1) is 0 Å². The normalized spacial score (nSPS) is 9.96. The molecular weight excluding hydrogens is 286 g/mol. The molecule has 0 radical (unpaired) electrons. The predicted octanol–water partition coefficient (Wildman–Crippen LogP) is 4.06. The lowest BCUT2D eigenvalue weighted by molar-refractivity contribution is 0.340. The molecule has 0 N–H and O–H groups in total. The molecule has 0 aliphatic carbocycles. The molecule has 0 aliphatic rings. The van der Waals surface area contributed by atoms with Crippen LogP contribution < -0.4 is 9.47 Å². The number of aromatic nitrogens is 1. The van der Waals surface area contributed by atoms with Gasteiger partial charge < -0.3 is 9.47 Å². The number of nitrogens with zero attached hydrogens (tertiary/aromatic N) is 1. The van der Waals surface area contributed by atoms with Gasteiger partial charge in [-0.3, -0.25) is 4.98 Å². The van der Waals surface area contributed by atoms with Crippen molar-refractivity contribution in [2.24, 2.45) is 0 Å². The minimum Gasteiger partial charge on any atom is -0.494 e. The Morgan fingerprint density at radius 3 is 2.78 bits per heavy atom. The van der Waals surface area contributed by atoms with Gasteiger partial charge in [-0.25, -0.2) is 0 Å². The van der Waals surface area contributed by atoms with E-state index in [-0.39, 0.29) is 0 Å². The fourth-order valence-electron chi connectivity index (χ4n) is 2.27. The highest BCUT2D eigenvalue weighted by Crippen LogP contribution is 2.22. The van der Waals surface area contributed by atoms with Crippen molar-refractivity contribution in [1.29, 1.82) is 0 Å². The molecule has 0 saturated heterocycles. The lowest BCUT2D eigenvalue weighted by Gasteiger charge is -2.05. The molecule has 0 saturated carbocycles. The van der Waals surface area contributed by atoms with Crippen molar-refractivity contribution >= 4 is 10.9 Å². The second-order valence-corrected chi connectivity index (χ2v) is 4.88. The van der Waals surface area contributed by atoms with Crippen LogP contribution in [0.25, 0.3) is 10.9 Å². The maximum absolute atomic E-state index is 5.75. The van der Waals surface area contributed by atoms with Gasteiger partial charge in [0.25, 0.3) is 0 Å². The highest BCUT2D eigenvalue weighted by molar-refractivity contribution is 5.84. The molecule has 0 unspecified atom stereocenters. The molecule has 1 aromatic heterocycles. The molecule has 3 rings (SSSR count). The summed E-state index contributed by atoms with van der Waals surface area (Å²) < 4.78 is 11.2. The summed E-state index contributed by atoms with van der Waals surface area (Å²) in [6.45, 7) is 2.92. The molecule has 0 aliphatic heterocycles. The van der Waals surface area contributed by atoms with Gasteiger partial charge >= 0.3 is 0 Å². The van der Waals surface area contributed by atoms with E-state index in [9.17, 15) is 0 Å². The minimum atomic E-state index is 0.314. The molecule has 3 nitrogen and oxygen atoms in total. The van der Waals surface area contributed by atoms with Crippen LogP contribution in [-0.4, -0.2) is 18.2 Å². The first-order valence-corrected chi connectivity index (χ1v) is 7.55. The zero-order valence-electron chi connectivity index (χ0n) is 13.0. The molecule has 0 bridgehead atoms. The number of benzene rings is 2. The second-order valence-electron chi connectivity index (χ2n) is 4.88. The molecule has 0 atom stereocenters. The molecule has 3 aromatic rings.